The highest BCUT2D eigenvalue weighted by molar-refractivity contribution is 5.99. The molecule has 4 rings (SSSR count). The molecular weight excluding hydrogens is 439 g/mol. The summed E-state index contributed by atoms with van der Waals surface area (Å²) in [5.41, 5.74) is 2.01. The molecule has 0 bridgehead atoms. The van der Waals surface area contributed by atoms with Crippen LogP contribution in [0.25, 0.3) is 11.3 Å². The number of aromatic nitrogens is 6. The molecule has 34 heavy (non-hydrogen) atoms. The highest BCUT2D eigenvalue weighted by Gasteiger charge is 2.18. The Morgan fingerprint density at radius 2 is 1.94 bits per heavy atom. The monoisotopic (exact) mass is 464 g/mol. The maximum atomic E-state index is 14.4. The molecule has 0 aliphatic heterocycles. The minimum Gasteiger partial charge on any atom is -0.424 e. The van der Waals surface area contributed by atoms with Gasteiger partial charge in [-0.2, -0.15) is 15.2 Å². The van der Waals surface area contributed by atoms with Gasteiger partial charge in [0.15, 0.2) is 5.82 Å². The van der Waals surface area contributed by atoms with Gasteiger partial charge in [-0.15, -0.1) is 0 Å². The molecule has 2 amide bonds. The van der Waals surface area contributed by atoms with Crippen LogP contribution in [0.4, 0.5) is 20.7 Å². The van der Waals surface area contributed by atoms with E-state index in [0.29, 0.717) is 11.5 Å². The van der Waals surface area contributed by atoms with Gasteiger partial charge in [-0.25, -0.2) is 14.2 Å². The summed E-state index contributed by atoms with van der Waals surface area (Å²) in [5.74, 6) is -0.00447. The molecule has 0 atom stereocenters. The van der Waals surface area contributed by atoms with Crippen molar-refractivity contribution in [2.75, 3.05) is 10.6 Å². The molecule has 0 spiro atoms. The number of urea groups is 1. The van der Waals surface area contributed by atoms with Gasteiger partial charge in [-0.05, 0) is 45.9 Å². The number of anilines is 2. The van der Waals surface area contributed by atoms with Crippen LogP contribution in [0.5, 0.6) is 11.8 Å². The predicted octanol–water partition coefficient (Wildman–Crippen LogP) is 4.71. The third-order valence-electron chi connectivity index (χ3n) is 4.79. The zero-order valence-electron chi connectivity index (χ0n) is 19.5. The van der Waals surface area contributed by atoms with Crippen molar-refractivity contribution < 1.29 is 13.9 Å². The second-order valence-corrected chi connectivity index (χ2v) is 8.70. The number of aryl methyl sites for hydroxylation is 2. The van der Waals surface area contributed by atoms with Gasteiger partial charge in [0.2, 0.25) is 0 Å². The van der Waals surface area contributed by atoms with Crippen LogP contribution < -0.4 is 15.4 Å². The largest absolute Gasteiger partial charge is 0.424 e. The summed E-state index contributed by atoms with van der Waals surface area (Å²) < 4.78 is 23.5. The first-order chi connectivity index (χ1) is 16.1. The number of hydrogen-bond acceptors (Lipinski definition) is 6. The lowest BCUT2D eigenvalue weighted by atomic mass is 10.1. The molecule has 11 heteroatoms. The predicted molar refractivity (Wildman–Crippen MR) is 125 cm³/mol. The van der Waals surface area contributed by atoms with E-state index in [2.05, 4.69) is 30.8 Å². The Bertz CT molecular complexity index is 1340. The van der Waals surface area contributed by atoms with Gasteiger partial charge in [0.1, 0.15) is 11.6 Å². The minimum absolute atomic E-state index is 0.0645. The van der Waals surface area contributed by atoms with Crippen LogP contribution in [-0.4, -0.2) is 35.6 Å². The van der Waals surface area contributed by atoms with Gasteiger partial charge in [-0.1, -0.05) is 0 Å². The number of nitrogens with zero attached hydrogens (tertiary/aromatic N) is 6. The summed E-state index contributed by atoms with van der Waals surface area (Å²) in [6.45, 7) is 7.92. The van der Waals surface area contributed by atoms with E-state index in [0.717, 1.165) is 11.3 Å². The average Bonchev–Trinajstić information content (AvgIpc) is 3.36. The van der Waals surface area contributed by atoms with E-state index in [4.69, 9.17) is 4.74 Å². The van der Waals surface area contributed by atoms with Gasteiger partial charge >= 0.3 is 12.0 Å². The molecule has 4 aromatic rings. The molecule has 3 heterocycles. The summed E-state index contributed by atoms with van der Waals surface area (Å²) in [6, 6.07) is 6.88. The zero-order chi connectivity index (χ0) is 24.5. The zero-order valence-corrected chi connectivity index (χ0v) is 19.5. The first-order valence-electron chi connectivity index (χ1n) is 10.5. The van der Waals surface area contributed by atoms with Crippen molar-refractivity contribution in [3.05, 3.63) is 60.4 Å². The van der Waals surface area contributed by atoms with Crippen molar-refractivity contribution in [1.82, 2.24) is 29.5 Å². The number of benzene rings is 1. The van der Waals surface area contributed by atoms with Crippen molar-refractivity contribution in [1.29, 1.82) is 0 Å². The Morgan fingerprint density at radius 1 is 1.15 bits per heavy atom. The number of carbonyl (C=O) groups is 1. The maximum absolute atomic E-state index is 14.4. The molecule has 0 aliphatic carbocycles. The van der Waals surface area contributed by atoms with E-state index >= 15 is 0 Å². The van der Waals surface area contributed by atoms with E-state index in [1.165, 1.54) is 18.2 Å². The molecule has 0 radical (unpaired) electrons. The Labute approximate surface area is 195 Å². The highest BCUT2D eigenvalue weighted by atomic mass is 19.1. The lowest BCUT2D eigenvalue weighted by Crippen LogP contribution is -2.25. The van der Waals surface area contributed by atoms with E-state index < -0.39 is 11.8 Å². The number of ether oxygens (including phenoxy) is 1. The summed E-state index contributed by atoms with van der Waals surface area (Å²) in [7, 11) is 1.81. The van der Waals surface area contributed by atoms with Crippen molar-refractivity contribution in [3.63, 3.8) is 0 Å². The van der Waals surface area contributed by atoms with Gasteiger partial charge in [0, 0.05) is 42.8 Å². The second kappa shape index (κ2) is 8.93. The molecule has 0 unspecified atom stereocenters. The van der Waals surface area contributed by atoms with E-state index in [1.54, 1.807) is 33.9 Å². The second-order valence-electron chi connectivity index (χ2n) is 8.70. The molecule has 10 nitrogen and oxygen atoms in total. The molecule has 176 valence electrons. The average molecular weight is 465 g/mol. The van der Waals surface area contributed by atoms with Crippen LogP contribution in [0.15, 0.2) is 48.9 Å². The number of rotatable bonds is 5. The fraction of sp³-hybridized carbons (Fsp3) is 0.261. The van der Waals surface area contributed by atoms with Crippen LogP contribution in [0, 0.1) is 12.7 Å². The Morgan fingerprint density at radius 3 is 2.62 bits per heavy atom. The van der Waals surface area contributed by atoms with Gasteiger partial charge < -0.3 is 10.1 Å². The lowest BCUT2D eigenvalue weighted by molar-refractivity contribution is 0.262. The van der Waals surface area contributed by atoms with Gasteiger partial charge in [0.25, 0.3) is 0 Å². The Kier molecular flexibility index (Phi) is 6.01. The van der Waals surface area contributed by atoms with Crippen molar-refractivity contribution in [3.8, 4) is 23.0 Å². The normalized spacial score (nSPS) is 11.4. The molecule has 0 saturated carbocycles. The fourth-order valence-corrected chi connectivity index (χ4v) is 3.36. The summed E-state index contributed by atoms with van der Waals surface area (Å²) >= 11 is 0. The number of amides is 2. The third kappa shape index (κ3) is 5.20. The van der Waals surface area contributed by atoms with Crippen molar-refractivity contribution >= 4 is 17.5 Å². The first-order valence-corrected chi connectivity index (χ1v) is 10.5. The van der Waals surface area contributed by atoms with E-state index in [9.17, 15) is 9.18 Å². The molecule has 1 aromatic carbocycles. The minimum atomic E-state index is -0.635. The fourth-order valence-electron chi connectivity index (χ4n) is 3.36. The van der Waals surface area contributed by atoms with Gasteiger partial charge in [0.05, 0.1) is 23.1 Å². The van der Waals surface area contributed by atoms with Crippen molar-refractivity contribution in [2.24, 2.45) is 7.05 Å². The molecule has 2 N–H and O–H groups in total. The summed E-state index contributed by atoms with van der Waals surface area (Å²) in [5, 5.41) is 13.6. The molecule has 3 aromatic heterocycles. The summed E-state index contributed by atoms with van der Waals surface area (Å²) in [4.78, 5) is 20.9. The molecule has 0 aliphatic rings. The Balaban J connectivity index is 1.47. The number of nitrogens with one attached hydrogen (secondary N) is 2. The number of carbonyl (C=O) groups excluding carboxylic acids is 1. The standard InChI is InChI=1S/C23H25FN8O2/c1-14-10-20(30-32(14)23(2,3)4)29-21(33)27-19-11-16(6-7-17(19)24)34-22-25-9-8-18(28-22)15-12-26-31(5)13-15/h6-13H,1-5H3,(H2,27,29,30,33). The van der Waals surface area contributed by atoms with E-state index in [-0.39, 0.29) is 23.0 Å². The van der Waals surface area contributed by atoms with Crippen LogP contribution in [-0.2, 0) is 12.6 Å². The number of hydrogen-bond donors (Lipinski definition) is 2. The lowest BCUT2D eigenvalue weighted by Gasteiger charge is -2.21. The first kappa shape index (κ1) is 22.9. The van der Waals surface area contributed by atoms with Crippen LogP contribution >= 0.6 is 0 Å². The van der Waals surface area contributed by atoms with Crippen molar-refractivity contribution in [2.45, 2.75) is 33.2 Å². The van der Waals surface area contributed by atoms with Gasteiger partial charge in [-0.3, -0.25) is 14.7 Å². The van der Waals surface area contributed by atoms with Crippen LogP contribution in [0.1, 0.15) is 26.5 Å². The van der Waals surface area contributed by atoms with Crippen LogP contribution in [0.3, 0.4) is 0 Å². The summed E-state index contributed by atoms with van der Waals surface area (Å²) in [6.07, 6.45) is 5.05. The number of halogens is 1. The topological polar surface area (TPSA) is 112 Å². The maximum Gasteiger partial charge on any atom is 0.324 e. The molecule has 0 fully saturated rings. The SMILES string of the molecule is Cc1cc(NC(=O)Nc2cc(Oc3nccc(-c4cnn(C)c4)n3)ccc2F)nn1C(C)(C)C. The molecular formula is C23H25FN8O2. The smallest absolute Gasteiger partial charge is 0.324 e. The highest BCUT2D eigenvalue weighted by Crippen LogP contribution is 2.26. The third-order valence-corrected chi connectivity index (χ3v) is 4.79. The Hall–Kier alpha value is -4.28. The quantitative estimate of drug-likeness (QED) is 0.442. The molecule has 0 saturated heterocycles. The van der Waals surface area contributed by atoms with E-state index in [1.807, 2.05) is 40.9 Å². The van der Waals surface area contributed by atoms with Crippen LogP contribution in [0.2, 0.25) is 0 Å².